The number of unbranched alkanes of at least 4 members (excludes halogenated alkanes) is 1. The van der Waals surface area contributed by atoms with Gasteiger partial charge in [-0.2, -0.15) is 0 Å². The standard InChI is InChI=1S/C26H33N3O2/c30-25(21-13-5-2-6-14-21)28-23(26(31)29-17-9-10-18-29)15-7-8-16-27-24-19-22(24)20-11-3-1-4-12-20/h1-6,11-14,22-24,27H,7-10,15-19H2,(H,28,30)/t22-,23-,24+/m0/s1. The van der Waals surface area contributed by atoms with E-state index >= 15 is 0 Å². The fourth-order valence-electron chi connectivity index (χ4n) is 4.50. The fraction of sp³-hybridized carbons (Fsp3) is 0.462. The van der Waals surface area contributed by atoms with E-state index in [4.69, 9.17) is 0 Å². The Balaban J connectivity index is 1.23. The largest absolute Gasteiger partial charge is 0.341 e. The Morgan fingerprint density at radius 2 is 1.61 bits per heavy atom. The van der Waals surface area contributed by atoms with Crippen molar-refractivity contribution in [1.82, 2.24) is 15.5 Å². The third-order valence-corrected chi connectivity index (χ3v) is 6.40. The van der Waals surface area contributed by atoms with Crippen LogP contribution in [-0.2, 0) is 4.79 Å². The van der Waals surface area contributed by atoms with Gasteiger partial charge in [0.2, 0.25) is 5.91 Å². The zero-order valence-corrected chi connectivity index (χ0v) is 18.1. The number of nitrogens with one attached hydrogen (secondary N) is 2. The van der Waals surface area contributed by atoms with E-state index in [1.165, 1.54) is 12.0 Å². The first-order valence-corrected chi connectivity index (χ1v) is 11.7. The smallest absolute Gasteiger partial charge is 0.251 e. The van der Waals surface area contributed by atoms with Crippen molar-refractivity contribution in [2.75, 3.05) is 19.6 Å². The second kappa shape index (κ2) is 10.6. The second-order valence-electron chi connectivity index (χ2n) is 8.73. The summed E-state index contributed by atoms with van der Waals surface area (Å²) in [4.78, 5) is 27.5. The summed E-state index contributed by atoms with van der Waals surface area (Å²) in [5.41, 5.74) is 2.02. The monoisotopic (exact) mass is 419 g/mol. The minimum atomic E-state index is -0.441. The molecule has 164 valence electrons. The van der Waals surface area contributed by atoms with Crippen molar-refractivity contribution >= 4 is 11.8 Å². The first kappa shape index (κ1) is 21.6. The highest BCUT2D eigenvalue weighted by atomic mass is 16.2. The molecule has 1 aliphatic carbocycles. The van der Waals surface area contributed by atoms with Gasteiger partial charge < -0.3 is 15.5 Å². The minimum absolute atomic E-state index is 0.0704. The number of rotatable bonds is 10. The van der Waals surface area contributed by atoms with E-state index in [9.17, 15) is 9.59 Å². The van der Waals surface area contributed by atoms with Crippen molar-refractivity contribution in [3.05, 3.63) is 71.8 Å². The highest BCUT2D eigenvalue weighted by Crippen LogP contribution is 2.40. The molecule has 2 aromatic carbocycles. The molecule has 5 nitrogen and oxygen atoms in total. The third kappa shape index (κ3) is 5.95. The lowest BCUT2D eigenvalue weighted by Crippen LogP contribution is -2.47. The van der Waals surface area contributed by atoms with Gasteiger partial charge in [0.15, 0.2) is 0 Å². The van der Waals surface area contributed by atoms with Crippen molar-refractivity contribution in [3.63, 3.8) is 0 Å². The first-order valence-electron chi connectivity index (χ1n) is 11.7. The summed E-state index contributed by atoms with van der Waals surface area (Å²) in [5.74, 6) is 0.539. The van der Waals surface area contributed by atoms with Gasteiger partial charge in [0.1, 0.15) is 6.04 Å². The van der Waals surface area contributed by atoms with Crippen LogP contribution in [0.15, 0.2) is 60.7 Å². The summed E-state index contributed by atoms with van der Waals surface area (Å²) in [6.07, 6.45) is 5.91. The molecule has 31 heavy (non-hydrogen) atoms. The highest BCUT2D eigenvalue weighted by molar-refractivity contribution is 5.97. The van der Waals surface area contributed by atoms with E-state index in [2.05, 4.69) is 41.0 Å². The lowest BCUT2D eigenvalue weighted by atomic mass is 10.1. The van der Waals surface area contributed by atoms with E-state index < -0.39 is 6.04 Å². The minimum Gasteiger partial charge on any atom is -0.341 e. The number of carbonyl (C=O) groups is 2. The quantitative estimate of drug-likeness (QED) is 0.577. The zero-order valence-electron chi connectivity index (χ0n) is 18.1. The number of amides is 2. The van der Waals surface area contributed by atoms with Crippen LogP contribution in [0, 0.1) is 0 Å². The lowest BCUT2D eigenvalue weighted by molar-refractivity contribution is -0.132. The molecular weight excluding hydrogens is 386 g/mol. The molecule has 1 saturated heterocycles. The van der Waals surface area contributed by atoms with Gasteiger partial charge in [-0.1, -0.05) is 48.5 Å². The van der Waals surface area contributed by atoms with Crippen LogP contribution in [0.25, 0.3) is 0 Å². The van der Waals surface area contributed by atoms with Crippen LogP contribution in [0.2, 0.25) is 0 Å². The zero-order chi connectivity index (χ0) is 21.5. The summed E-state index contributed by atoms with van der Waals surface area (Å²) < 4.78 is 0. The molecule has 1 saturated carbocycles. The number of likely N-dealkylation sites (tertiary alicyclic amines) is 1. The molecule has 0 bridgehead atoms. The van der Waals surface area contributed by atoms with Crippen LogP contribution in [0.1, 0.15) is 60.4 Å². The summed E-state index contributed by atoms with van der Waals surface area (Å²) >= 11 is 0. The Morgan fingerprint density at radius 3 is 2.32 bits per heavy atom. The van der Waals surface area contributed by atoms with Gasteiger partial charge in [-0.05, 0) is 62.8 Å². The van der Waals surface area contributed by atoms with E-state index in [1.54, 1.807) is 12.1 Å². The number of hydrogen-bond acceptors (Lipinski definition) is 3. The van der Waals surface area contributed by atoms with Crippen LogP contribution in [0.4, 0.5) is 0 Å². The predicted molar refractivity (Wildman–Crippen MR) is 123 cm³/mol. The number of nitrogens with zero attached hydrogens (tertiary/aromatic N) is 1. The molecule has 0 spiro atoms. The molecular formula is C26H33N3O2. The Kier molecular flexibility index (Phi) is 7.36. The van der Waals surface area contributed by atoms with Crippen LogP contribution in [-0.4, -0.2) is 48.4 Å². The molecule has 2 aliphatic rings. The predicted octanol–water partition coefficient (Wildman–Crippen LogP) is 3.72. The van der Waals surface area contributed by atoms with Crippen LogP contribution in [0.5, 0.6) is 0 Å². The molecule has 5 heteroatoms. The maximum Gasteiger partial charge on any atom is 0.251 e. The Labute approximate surface area is 185 Å². The van der Waals surface area contributed by atoms with Crippen LogP contribution < -0.4 is 10.6 Å². The van der Waals surface area contributed by atoms with Gasteiger partial charge in [-0.25, -0.2) is 0 Å². The molecule has 4 rings (SSSR count). The summed E-state index contributed by atoms with van der Waals surface area (Å²) in [6.45, 7) is 2.56. The van der Waals surface area contributed by atoms with Gasteiger partial charge in [-0.3, -0.25) is 9.59 Å². The molecule has 0 unspecified atom stereocenters. The first-order chi connectivity index (χ1) is 15.2. The van der Waals surface area contributed by atoms with Crippen molar-refractivity contribution in [2.45, 2.75) is 56.5 Å². The SMILES string of the molecule is O=C(N[C@@H](CCCCN[C@@H]1C[C@H]1c1ccccc1)C(=O)N1CCCC1)c1ccccc1. The number of benzene rings is 2. The molecule has 2 fully saturated rings. The second-order valence-corrected chi connectivity index (χ2v) is 8.73. The molecule has 0 radical (unpaired) electrons. The van der Waals surface area contributed by atoms with Crippen LogP contribution >= 0.6 is 0 Å². The molecule has 2 N–H and O–H groups in total. The topological polar surface area (TPSA) is 61.4 Å². The van der Waals surface area contributed by atoms with Crippen molar-refractivity contribution in [2.24, 2.45) is 0 Å². The van der Waals surface area contributed by atoms with Gasteiger partial charge >= 0.3 is 0 Å². The highest BCUT2D eigenvalue weighted by Gasteiger charge is 2.37. The van der Waals surface area contributed by atoms with Crippen molar-refractivity contribution in [3.8, 4) is 0 Å². The van der Waals surface area contributed by atoms with E-state index in [0.717, 1.165) is 45.3 Å². The Morgan fingerprint density at radius 1 is 0.935 bits per heavy atom. The summed E-state index contributed by atoms with van der Waals surface area (Å²) in [6, 6.07) is 20.0. The number of carbonyl (C=O) groups excluding carboxylic acids is 2. The molecule has 0 aromatic heterocycles. The summed E-state index contributed by atoms with van der Waals surface area (Å²) in [5, 5.41) is 6.65. The fourth-order valence-corrected chi connectivity index (χ4v) is 4.50. The Hall–Kier alpha value is -2.66. The van der Waals surface area contributed by atoms with Gasteiger partial charge in [0.25, 0.3) is 5.91 Å². The van der Waals surface area contributed by atoms with Crippen molar-refractivity contribution in [1.29, 1.82) is 0 Å². The third-order valence-electron chi connectivity index (χ3n) is 6.40. The average molecular weight is 420 g/mol. The molecule has 2 aromatic rings. The van der Waals surface area contributed by atoms with E-state index in [-0.39, 0.29) is 11.8 Å². The normalized spacial score (nSPS) is 21.0. The molecule has 3 atom stereocenters. The average Bonchev–Trinajstić information content (AvgIpc) is 3.38. The Bertz CT molecular complexity index is 849. The number of hydrogen-bond donors (Lipinski definition) is 2. The maximum atomic E-state index is 13.0. The van der Waals surface area contributed by atoms with Gasteiger partial charge in [-0.15, -0.1) is 0 Å². The van der Waals surface area contributed by atoms with Crippen LogP contribution in [0.3, 0.4) is 0 Å². The molecule has 2 amide bonds. The summed E-state index contributed by atoms with van der Waals surface area (Å²) in [7, 11) is 0. The molecule has 1 heterocycles. The maximum absolute atomic E-state index is 13.0. The van der Waals surface area contributed by atoms with Gasteiger partial charge in [0.05, 0.1) is 0 Å². The lowest BCUT2D eigenvalue weighted by Gasteiger charge is -2.24. The molecule has 1 aliphatic heterocycles. The van der Waals surface area contributed by atoms with E-state index in [1.807, 2.05) is 23.1 Å². The van der Waals surface area contributed by atoms with Crippen molar-refractivity contribution < 1.29 is 9.59 Å². The van der Waals surface area contributed by atoms with E-state index in [0.29, 0.717) is 23.9 Å². The van der Waals surface area contributed by atoms with Gasteiger partial charge in [0, 0.05) is 30.6 Å².